The molecule has 37 heavy (non-hydrogen) atoms. The van der Waals surface area contributed by atoms with Crippen LogP contribution in [0.5, 0.6) is 0 Å². The molecular weight excluding hydrogens is 456 g/mol. The number of hydrogen-bond acceptors (Lipinski definition) is 4. The van der Waals surface area contributed by atoms with E-state index in [9.17, 15) is 4.79 Å². The third kappa shape index (κ3) is 9.36. The summed E-state index contributed by atoms with van der Waals surface area (Å²) < 4.78 is 0. The molecule has 0 aliphatic carbocycles. The van der Waals surface area contributed by atoms with E-state index in [0.717, 1.165) is 41.8 Å². The van der Waals surface area contributed by atoms with Crippen molar-refractivity contribution in [2.24, 2.45) is 0 Å². The molecule has 196 valence electrons. The van der Waals surface area contributed by atoms with Gasteiger partial charge in [0.1, 0.15) is 0 Å². The first-order valence-corrected chi connectivity index (χ1v) is 13.3. The van der Waals surface area contributed by atoms with Crippen LogP contribution in [0.4, 0.5) is 5.69 Å². The molecule has 3 aromatic carbocycles. The molecule has 4 rings (SSSR count). The lowest BCUT2D eigenvalue weighted by Crippen LogP contribution is -2.34. The highest BCUT2D eigenvalue weighted by Gasteiger charge is 2.04. The lowest BCUT2D eigenvalue weighted by molar-refractivity contribution is -0.116. The van der Waals surface area contributed by atoms with E-state index in [4.69, 9.17) is 0 Å². The van der Waals surface area contributed by atoms with Crippen molar-refractivity contribution < 1.29 is 4.79 Å². The second-order valence-electron chi connectivity index (χ2n) is 8.34. The maximum Gasteiger partial charge on any atom is 0.244 e. The Morgan fingerprint density at radius 3 is 2.41 bits per heavy atom. The van der Waals surface area contributed by atoms with Crippen LogP contribution in [0, 0.1) is 6.92 Å². The topological polar surface area (TPSA) is 57.3 Å². The Hall–Kier alpha value is -3.70. The summed E-state index contributed by atoms with van der Waals surface area (Å²) in [5.41, 5.74) is 4.33. The fraction of sp³-hybridized carbons (Fsp3) is 0.312. The van der Waals surface area contributed by atoms with Gasteiger partial charge in [-0.05, 0) is 60.1 Å². The number of hydrogen-bond donors (Lipinski definition) is 2. The van der Waals surface area contributed by atoms with Crippen molar-refractivity contribution in [2.75, 3.05) is 38.5 Å². The van der Waals surface area contributed by atoms with E-state index < -0.39 is 0 Å². The molecule has 0 aliphatic heterocycles. The van der Waals surface area contributed by atoms with Gasteiger partial charge in [-0.15, -0.1) is 0 Å². The summed E-state index contributed by atoms with van der Waals surface area (Å²) in [6.07, 6.45) is 5.30. The third-order valence-corrected chi connectivity index (χ3v) is 5.70. The number of carbonyl (C=O) groups excluding carboxylic acids is 1. The number of carbonyl (C=O) groups is 1. The molecule has 1 heterocycles. The van der Waals surface area contributed by atoms with Gasteiger partial charge in [0.15, 0.2) is 0 Å². The molecule has 1 amide bonds. The molecule has 2 N–H and O–H groups in total. The zero-order valence-electron chi connectivity index (χ0n) is 23.2. The van der Waals surface area contributed by atoms with Crippen molar-refractivity contribution in [3.05, 3.63) is 90.1 Å². The van der Waals surface area contributed by atoms with E-state index in [0.29, 0.717) is 6.54 Å². The van der Waals surface area contributed by atoms with E-state index in [1.165, 1.54) is 16.3 Å². The van der Waals surface area contributed by atoms with Gasteiger partial charge in [0, 0.05) is 49.5 Å². The molecule has 0 saturated carbocycles. The highest BCUT2D eigenvalue weighted by Crippen LogP contribution is 2.22. The summed E-state index contributed by atoms with van der Waals surface area (Å²) in [5, 5.41) is 9.98. The van der Waals surface area contributed by atoms with Crippen LogP contribution in [0.2, 0.25) is 0 Å². The molecule has 5 nitrogen and oxygen atoms in total. The molecule has 0 radical (unpaired) electrons. The quantitative estimate of drug-likeness (QED) is 0.246. The number of aromatic nitrogens is 1. The fourth-order valence-electron chi connectivity index (χ4n) is 3.82. The molecule has 5 heteroatoms. The van der Waals surface area contributed by atoms with E-state index in [2.05, 4.69) is 77.0 Å². The van der Waals surface area contributed by atoms with Crippen LogP contribution in [-0.2, 0) is 4.79 Å². The third-order valence-electron chi connectivity index (χ3n) is 5.70. The standard InChI is InChI=1S/C28H30N4O.2C2H6/c1-21-7-11-25-26(13-14-29-27(25)19-21)30-15-17-32(2)18-16-31-28(33)12-9-22-8-10-23-5-3-4-6-24(23)20-22;2*1-2/h3-14,19-20H,15-18H2,1-2H3,(H,29,30)(H,31,33);2*1-2H3/b12-9+;;. The second-order valence-corrected chi connectivity index (χ2v) is 8.34. The summed E-state index contributed by atoms with van der Waals surface area (Å²) in [6.45, 7) is 13.2. The summed E-state index contributed by atoms with van der Waals surface area (Å²) >= 11 is 0. The molecule has 1 aromatic heterocycles. The predicted octanol–water partition coefficient (Wildman–Crippen LogP) is 6.92. The Balaban J connectivity index is 0.00000115. The maximum absolute atomic E-state index is 12.2. The van der Waals surface area contributed by atoms with Crippen LogP contribution in [0.1, 0.15) is 38.8 Å². The monoisotopic (exact) mass is 498 g/mol. The van der Waals surface area contributed by atoms with E-state index in [1.54, 1.807) is 6.08 Å². The number of likely N-dealkylation sites (N-methyl/N-ethyl adjacent to an activating group) is 1. The number of benzene rings is 3. The van der Waals surface area contributed by atoms with Crippen LogP contribution >= 0.6 is 0 Å². The fourth-order valence-corrected chi connectivity index (χ4v) is 3.82. The number of fused-ring (bicyclic) bond motifs is 2. The summed E-state index contributed by atoms with van der Waals surface area (Å²) in [6, 6.07) is 22.7. The Kier molecular flexibility index (Phi) is 12.9. The zero-order chi connectivity index (χ0) is 27.0. The van der Waals surface area contributed by atoms with Crippen LogP contribution in [-0.4, -0.2) is 49.0 Å². The van der Waals surface area contributed by atoms with Crippen LogP contribution in [0.15, 0.2) is 79.0 Å². The molecule has 0 atom stereocenters. The Bertz CT molecular complexity index is 1280. The lowest BCUT2D eigenvalue weighted by atomic mass is 10.1. The molecule has 0 saturated heterocycles. The Labute approximate surface area is 222 Å². The summed E-state index contributed by atoms with van der Waals surface area (Å²) in [7, 11) is 2.06. The lowest BCUT2D eigenvalue weighted by Gasteiger charge is -2.18. The van der Waals surface area contributed by atoms with E-state index in [-0.39, 0.29) is 5.91 Å². The number of nitrogens with zero attached hydrogens (tertiary/aromatic N) is 2. The molecule has 0 unspecified atom stereocenters. The van der Waals surface area contributed by atoms with E-state index >= 15 is 0 Å². The average molecular weight is 499 g/mol. The minimum absolute atomic E-state index is 0.0757. The Morgan fingerprint density at radius 2 is 1.62 bits per heavy atom. The number of amides is 1. The van der Waals surface area contributed by atoms with Gasteiger partial charge in [-0.2, -0.15) is 0 Å². The van der Waals surface area contributed by atoms with Crippen LogP contribution in [0.3, 0.4) is 0 Å². The molecule has 0 aliphatic rings. The van der Waals surface area contributed by atoms with Crippen molar-refractivity contribution in [1.82, 2.24) is 15.2 Å². The number of rotatable bonds is 9. The van der Waals surface area contributed by atoms with Crippen molar-refractivity contribution >= 4 is 39.3 Å². The van der Waals surface area contributed by atoms with Gasteiger partial charge in [0.25, 0.3) is 0 Å². The SMILES string of the molecule is CC.CC.Cc1ccc2c(NCCN(C)CCNC(=O)/C=C/c3ccc4ccccc4c3)ccnc2c1. The number of pyridine rings is 1. The first kappa shape index (κ1) is 29.5. The zero-order valence-corrected chi connectivity index (χ0v) is 23.2. The first-order valence-electron chi connectivity index (χ1n) is 13.3. The minimum atomic E-state index is -0.0757. The van der Waals surface area contributed by atoms with Gasteiger partial charge in [-0.3, -0.25) is 9.78 Å². The average Bonchev–Trinajstić information content (AvgIpc) is 2.94. The van der Waals surface area contributed by atoms with Gasteiger partial charge >= 0.3 is 0 Å². The van der Waals surface area contributed by atoms with E-state index in [1.807, 2.05) is 64.2 Å². The maximum atomic E-state index is 12.2. The molecule has 0 bridgehead atoms. The van der Waals surface area contributed by atoms with Gasteiger partial charge in [0.05, 0.1) is 5.52 Å². The second kappa shape index (κ2) is 16.1. The van der Waals surface area contributed by atoms with Crippen LogP contribution in [0.25, 0.3) is 27.8 Å². The molecule has 0 fully saturated rings. The highest BCUT2D eigenvalue weighted by atomic mass is 16.1. The Morgan fingerprint density at radius 1 is 0.892 bits per heavy atom. The number of aryl methyl sites for hydroxylation is 1. The van der Waals surface area contributed by atoms with Crippen molar-refractivity contribution in [3.63, 3.8) is 0 Å². The van der Waals surface area contributed by atoms with Crippen molar-refractivity contribution in [2.45, 2.75) is 34.6 Å². The summed E-state index contributed by atoms with van der Waals surface area (Å²) in [4.78, 5) is 18.8. The predicted molar refractivity (Wildman–Crippen MR) is 161 cm³/mol. The first-order chi connectivity index (χ1) is 18.1. The molecular formula is C32H42N4O. The van der Waals surface area contributed by atoms with Crippen molar-refractivity contribution in [1.29, 1.82) is 0 Å². The van der Waals surface area contributed by atoms with Gasteiger partial charge in [-0.1, -0.05) is 76.2 Å². The molecule has 0 spiro atoms. The van der Waals surface area contributed by atoms with Crippen molar-refractivity contribution in [3.8, 4) is 0 Å². The van der Waals surface area contributed by atoms with Gasteiger partial charge < -0.3 is 15.5 Å². The van der Waals surface area contributed by atoms with Gasteiger partial charge in [0.2, 0.25) is 5.91 Å². The van der Waals surface area contributed by atoms with Crippen LogP contribution < -0.4 is 10.6 Å². The largest absolute Gasteiger partial charge is 0.383 e. The minimum Gasteiger partial charge on any atom is -0.383 e. The normalized spacial score (nSPS) is 10.6. The smallest absolute Gasteiger partial charge is 0.244 e. The molecule has 4 aromatic rings. The number of nitrogens with one attached hydrogen (secondary N) is 2. The number of anilines is 1. The summed E-state index contributed by atoms with van der Waals surface area (Å²) in [5.74, 6) is -0.0757. The highest BCUT2D eigenvalue weighted by molar-refractivity contribution is 5.93. The van der Waals surface area contributed by atoms with Gasteiger partial charge in [-0.25, -0.2) is 0 Å².